The van der Waals surface area contributed by atoms with Crippen molar-refractivity contribution in [2.24, 2.45) is 0 Å². The number of nitrogens with one attached hydrogen (secondary N) is 2. The first-order valence-electron chi connectivity index (χ1n) is 9.04. The average molecular weight is 367 g/mol. The summed E-state index contributed by atoms with van der Waals surface area (Å²) < 4.78 is 0. The van der Waals surface area contributed by atoms with Gasteiger partial charge in [-0.2, -0.15) is 5.26 Å². The van der Waals surface area contributed by atoms with Crippen molar-refractivity contribution in [1.29, 1.82) is 5.26 Å². The van der Waals surface area contributed by atoms with Crippen LogP contribution in [0.25, 0.3) is 0 Å². The molecule has 0 saturated heterocycles. The summed E-state index contributed by atoms with van der Waals surface area (Å²) in [6, 6.07) is 5.65. The van der Waals surface area contributed by atoms with Gasteiger partial charge in [0.15, 0.2) is 0 Å². The highest BCUT2D eigenvalue weighted by atomic mass is 16.1. The molecule has 1 amide bonds. The van der Waals surface area contributed by atoms with Gasteiger partial charge >= 0.3 is 0 Å². The maximum Gasteiger partial charge on any atom is 0.266 e. The molecule has 7 nitrogen and oxygen atoms in total. The van der Waals surface area contributed by atoms with E-state index >= 15 is 0 Å². The topological polar surface area (TPSA) is 102 Å². The van der Waals surface area contributed by atoms with Gasteiger partial charge in [0.2, 0.25) is 5.91 Å². The molecule has 0 bridgehead atoms. The van der Waals surface area contributed by atoms with Crippen LogP contribution in [0.2, 0.25) is 0 Å². The van der Waals surface area contributed by atoms with Gasteiger partial charge in [0.25, 0.3) is 5.56 Å². The Morgan fingerprint density at radius 3 is 2.56 bits per heavy atom. The summed E-state index contributed by atoms with van der Waals surface area (Å²) in [5.41, 5.74) is 2.51. The fourth-order valence-corrected chi connectivity index (χ4v) is 3.08. The van der Waals surface area contributed by atoms with Crippen molar-refractivity contribution < 1.29 is 4.79 Å². The van der Waals surface area contributed by atoms with Crippen LogP contribution in [-0.2, 0) is 11.2 Å². The van der Waals surface area contributed by atoms with Gasteiger partial charge in [-0.25, -0.2) is 4.98 Å². The number of pyridine rings is 2. The minimum absolute atomic E-state index is 0.104. The lowest BCUT2D eigenvalue weighted by molar-refractivity contribution is -0.116. The number of anilines is 2. The van der Waals surface area contributed by atoms with E-state index in [1.165, 1.54) is 0 Å². The predicted octanol–water partition coefficient (Wildman–Crippen LogP) is 2.68. The van der Waals surface area contributed by atoms with E-state index in [1.807, 2.05) is 18.2 Å². The predicted molar refractivity (Wildman–Crippen MR) is 106 cm³/mol. The standard InChI is InChI=1S/C20H25N5O2/c1-5-25(6-2)18-9-7-15(12-22-18)24-19(26)10-8-16-13(3)17(11-21)20(27)23-14(16)4/h7,9,12H,5-6,8,10H2,1-4H3,(H,23,27)(H,24,26). The van der Waals surface area contributed by atoms with E-state index in [0.717, 1.165) is 24.5 Å². The fraction of sp³-hybridized carbons (Fsp3) is 0.400. The minimum atomic E-state index is -0.389. The molecule has 2 aromatic heterocycles. The van der Waals surface area contributed by atoms with Gasteiger partial charge in [-0.15, -0.1) is 0 Å². The number of amides is 1. The van der Waals surface area contributed by atoms with Crippen LogP contribution in [0, 0.1) is 25.2 Å². The van der Waals surface area contributed by atoms with Gasteiger partial charge in [-0.3, -0.25) is 9.59 Å². The second kappa shape index (κ2) is 8.99. The van der Waals surface area contributed by atoms with Crippen LogP contribution in [-0.4, -0.2) is 29.0 Å². The molecule has 2 N–H and O–H groups in total. The first-order chi connectivity index (χ1) is 12.9. The lowest BCUT2D eigenvalue weighted by Gasteiger charge is -2.19. The molecule has 0 unspecified atom stereocenters. The molecular formula is C20H25N5O2. The van der Waals surface area contributed by atoms with Crippen LogP contribution < -0.4 is 15.8 Å². The third-order valence-electron chi connectivity index (χ3n) is 4.64. The molecular weight excluding hydrogens is 342 g/mol. The first kappa shape index (κ1) is 20.2. The number of H-pyrrole nitrogens is 1. The summed E-state index contributed by atoms with van der Waals surface area (Å²) in [6.45, 7) is 9.40. The summed E-state index contributed by atoms with van der Waals surface area (Å²) in [5.74, 6) is 0.734. The Morgan fingerprint density at radius 2 is 2.00 bits per heavy atom. The minimum Gasteiger partial charge on any atom is -0.357 e. The Labute approximate surface area is 159 Å². The van der Waals surface area contributed by atoms with Crippen LogP contribution in [0.5, 0.6) is 0 Å². The van der Waals surface area contributed by atoms with Crippen molar-refractivity contribution in [3.05, 3.63) is 51.1 Å². The van der Waals surface area contributed by atoms with E-state index in [9.17, 15) is 9.59 Å². The normalized spacial score (nSPS) is 10.3. The Morgan fingerprint density at radius 1 is 1.30 bits per heavy atom. The summed E-state index contributed by atoms with van der Waals surface area (Å²) >= 11 is 0. The molecule has 0 atom stereocenters. The first-order valence-corrected chi connectivity index (χ1v) is 9.04. The van der Waals surface area contributed by atoms with Crippen molar-refractivity contribution in [2.75, 3.05) is 23.3 Å². The molecule has 142 valence electrons. The van der Waals surface area contributed by atoms with Crippen molar-refractivity contribution in [2.45, 2.75) is 40.5 Å². The van der Waals surface area contributed by atoms with E-state index < -0.39 is 0 Å². The second-order valence-electron chi connectivity index (χ2n) is 6.30. The fourth-order valence-electron chi connectivity index (χ4n) is 3.08. The van der Waals surface area contributed by atoms with Gasteiger partial charge < -0.3 is 15.2 Å². The number of hydrogen-bond acceptors (Lipinski definition) is 5. The maximum atomic E-state index is 12.3. The van der Waals surface area contributed by atoms with Crippen molar-refractivity contribution in [3.63, 3.8) is 0 Å². The van der Waals surface area contributed by atoms with E-state index in [2.05, 4.69) is 34.0 Å². The molecule has 0 spiro atoms. The summed E-state index contributed by atoms with van der Waals surface area (Å²) in [4.78, 5) is 33.2. The molecule has 2 heterocycles. The van der Waals surface area contributed by atoms with Gasteiger partial charge in [0.1, 0.15) is 17.5 Å². The number of aromatic amines is 1. The quantitative estimate of drug-likeness (QED) is 0.783. The molecule has 2 aromatic rings. The molecule has 0 aromatic carbocycles. The zero-order chi connectivity index (χ0) is 20.0. The van der Waals surface area contributed by atoms with E-state index in [-0.39, 0.29) is 23.5 Å². The highest BCUT2D eigenvalue weighted by molar-refractivity contribution is 5.90. The van der Waals surface area contributed by atoms with Gasteiger partial charge in [0, 0.05) is 25.2 Å². The SMILES string of the molecule is CCN(CC)c1ccc(NC(=O)CCc2c(C)[nH]c(=O)c(C#N)c2C)cn1. The number of aromatic nitrogens is 2. The van der Waals surface area contributed by atoms with Crippen molar-refractivity contribution in [1.82, 2.24) is 9.97 Å². The Hall–Kier alpha value is -3.14. The molecule has 0 aliphatic rings. The zero-order valence-electron chi connectivity index (χ0n) is 16.2. The molecule has 0 fully saturated rings. The molecule has 7 heteroatoms. The molecule has 0 saturated carbocycles. The largest absolute Gasteiger partial charge is 0.357 e. The van der Waals surface area contributed by atoms with Gasteiger partial charge in [-0.05, 0) is 57.4 Å². The van der Waals surface area contributed by atoms with Crippen LogP contribution in [0.3, 0.4) is 0 Å². The third-order valence-corrected chi connectivity index (χ3v) is 4.64. The molecule has 0 aliphatic heterocycles. The monoisotopic (exact) mass is 367 g/mol. The highest BCUT2D eigenvalue weighted by Gasteiger charge is 2.13. The lowest BCUT2D eigenvalue weighted by atomic mass is 9.99. The van der Waals surface area contributed by atoms with E-state index in [1.54, 1.807) is 20.0 Å². The zero-order valence-corrected chi connectivity index (χ0v) is 16.2. The molecule has 0 radical (unpaired) electrons. The van der Waals surface area contributed by atoms with Crippen LogP contribution in [0.1, 0.15) is 42.7 Å². The number of rotatable bonds is 7. The number of carbonyl (C=O) groups excluding carboxylic acids is 1. The number of aryl methyl sites for hydroxylation is 1. The molecule has 27 heavy (non-hydrogen) atoms. The Bertz CT molecular complexity index is 906. The number of hydrogen-bond donors (Lipinski definition) is 2. The number of nitrogens with zero attached hydrogens (tertiary/aromatic N) is 3. The summed E-state index contributed by atoms with van der Waals surface area (Å²) in [6.07, 6.45) is 2.34. The number of nitriles is 1. The second-order valence-corrected chi connectivity index (χ2v) is 6.30. The van der Waals surface area contributed by atoms with Crippen LogP contribution in [0.15, 0.2) is 23.1 Å². The molecule has 2 rings (SSSR count). The molecule has 0 aliphatic carbocycles. The lowest BCUT2D eigenvalue weighted by Crippen LogP contribution is -2.23. The summed E-state index contributed by atoms with van der Waals surface area (Å²) in [7, 11) is 0. The Kier molecular flexibility index (Phi) is 6.72. The smallest absolute Gasteiger partial charge is 0.266 e. The van der Waals surface area contributed by atoms with E-state index in [4.69, 9.17) is 5.26 Å². The summed E-state index contributed by atoms with van der Waals surface area (Å²) in [5, 5.41) is 12.0. The third kappa shape index (κ3) is 4.73. The van der Waals surface area contributed by atoms with Crippen LogP contribution in [0.4, 0.5) is 11.5 Å². The highest BCUT2D eigenvalue weighted by Crippen LogP contribution is 2.17. The van der Waals surface area contributed by atoms with Gasteiger partial charge in [0.05, 0.1) is 11.9 Å². The van der Waals surface area contributed by atoms with Crippen molar-refractivity contribution >= 4 is 17.4 Å². The van der Waals surface area contributed by atoms with Crippen LogP contribution >= 0.6 is 0 Å². The number of carbonyl (C=O) groups is 1. The van der Waals surface area contributed by atoms with Gasteiger partial charge in [-0.1, -0.05) is 0 Å². The van der Waals surface area contributed by atoms with Crippen molar-refractivity contribution in [3.8, 4) is 6.07 Å². The Balaban J connectivity index is 2.03. The maximum absolute atomic E-state index is 12.3. The van der Waals surface area contributed by atoms with E-state index in [0.29, 0.717) is 23.4 Å². The average Bonchev–Trinajstić information content (AvgIpc) is 2.64.